The normalized spacial score (nSPS) is 11.6. The molecule has 0 unspecified atom stereocenters. The smallest absolute Gasteiger partial charge is 0.211 e. The Labute approximate surface area is 46.6 Å². The van der Waals surface area contributed by atoms with Crippen molar-refractivity contribution in [3.63, 3.8) is 0 Å². The first kappa shape index (κ1) is 6.69. The zero-order valence-electron chi connectivity index (χ0n) is 3.81. The first-order chi connectivity index (χ1) is 3.13. The van der Waals surface area contributed by atoms with Crippen molar-refractivity contribution in [2.45, 2.75) is 6.92 Å². The number of rotatable bonds is 1. The Balaban J connectivity index is 3.68. The lowest BCUT2D eigenvalue weighted by molar-refractivity contribution is -0.106. The molecule has 7 heavy (non-hydrogen) atoms. The van der Waals surface area contributed by atoms with Crippen molar-refractivity contribution in [2.75, 3.05) is 0 Å². The monoisotopic (exact) mass is 120 g/mol. The molecule has 40 valence electrons. The van der Waals surface area contributed by atoms with Crippen molar-refractivity contribution in [1.29, 1.82) is 0 Å². The molecule has 0 aromatic carbocycles. The number of halogens is 1. The van der Waals surface area contributed by atoms with Crippen molar-refractivity contribution in [2.24, 2.45) is 0 Å². The zero-order valence-corrected chi connectivity index (χ0v) is 4.71. The van der Waals surface area contributed by atoms with Crippen molar-refractivity contribution in [3.05, 3.63) is 11.9 Å². The van der Waals surface area contributed by atoms with Crippen LogP contribution in [0.2, 0.25) is 0 Å². The standard InChI is InChI=1S/C4H5FOS/c1-3(5)2-4(6)7/h2H,1H3,(H,6,7). The van der Waals surface area contributed by atoms with Crippen LogP contribution in [0, 0.1) is 0 Å². The quantitative estimate of drug-likeness (QED) is 0.408. The lowest BCUT2D eigenvalue weighted by atomic mass is 10.5. The Morgan fingerprint density at radius 1 is 1.86 bits per heavy atom. The molecule has 0 aromatic heterocycles. The fourth-order valence-corrected chi connectivity index (χ4v) is 0.348. The van der Waals surface area contributed by atoms with Crippen molar-refractivity contribution < 1.29 is 9.18 Å². The molecule has 0 rings (SSSR count). The lowest BCUT2D eigenvalue weighted by Gasteiger charge is -1.75. The van der Waals surface area contributed by atoms with E-state index in [1.165, 1.54) is 6.92 Å². The summed E-state index contributed by atoms with van der Waals surface area (Å²) < 4.78 is 11.5. The summed E-state index contributed by atoms with van der Waals surface area (Å²) in [7, 11) is 0. The number of allylic oxidation sites excluding steroid dienone is 1. The van der Waals surface area contributed by atoms with Crippen molar-refractivity contribution in [1.82, 2.24) is 0 Å². The molecule has 0 saturated heterocycles. The summed E-state index contributed by atoms with van der Waals surface area (Å²) in [5, 5.41) is -0.556. The Morgan fingerprint density at radius 3 is 2.29 bits per heavy atom. The van der Waals surface area contributed by atoms with Gasteiger partial charge in [-0.3, -0.25) is 4.79 Å². The SMILES string of the molecule is CC(F)=CC(=O)S. The largest absolute Gasteiger partial charge is 0.282 e. The van der Waals surface area contributed by atoms with Crippen molar-refractivity contribution in [3.8, 4) is 0 Å². The number of carbonyl (C=O) groups is 1. The molecule has 0 heterocycles. The van der Waals surface area contributed by atoms with Gasteiger partial charge in [0.2, 0.25) is 5.12 Å². The Hall–Kier alpha value is -0.310. The average Bonchev–Trinajstić information content (AvgIpc) is 1.27. The molecule has 0 bridgehead atoms. The summed E-state index contributed by atoms with van der Waals surface area (Å²) >= 11 is 3.28. The maximum atomic E-state index is 11.5. The van der Waals surface area contributed by atoms with Gasteiger partial charge in [0.05, 0.1) is 0 Å². The van der Waals surface area contributed by atoms with Crippen LogP contribution in [-0.4, -0.2) is 5.12 Å². The van der Waals surface area contributed by atoms with E-state index in [1.807, 2.05) is 0 Å². The molecular weight excluding hydrogens is 115 g/mol. The van der Waals surface area contributed by atoms with Gasteiger partial charge in [-0.25, -0.2) is 4.39 Å². The highest BCUT2D eigenvalue weighted by Gasteiger charge is 1.85. The van der Waals surface area contributed by atoms with Crippen LogP contribution >= 0.6 is 12.6 Å². The summed E-state index contributed by atoms with van der Waals surface area (Å²) in [5.74, 6) is -0.514. The van der Waals surface area contributed by atoms with Gasteiger partial charge in [0.15, 0.2) is 0 Å². The summed E-state index contributed by atoms with van der Waals surface area (Å²) in [5.41, 5.74) is 0. The third-order valence-corrected chi connectivity index (χ3v) is 0.451. The fraction of sp³-hybridized carbons (Fsp3) is 0.250. The van der Waals surface area contributed by atoms with E-state index in [0.29, 0.717) is 0 Å². The molecule has 0 radical (unpaired) electrons. The van der Waals surface area contributed by atoms with E-state index in [4.69, 9.17) is 0 Å². The highest BCUT2D eigenvalue weighted by molar-refractivity contribution is 7.97. The van der Waals surface area contributed by atoms with E-state index < -0.39 is 10.9 Å². The average molecular weight is 120 g/mol. The summed E-state index contributed by atoms with van der Waals surface area (Å²) in [4.78, 5) is 9.80. The molecule has 1 nitrogen and oxygen atoms in total. The van der Waals surface area contributed by atoms with E-state index in [0.717, 1.165) is 6.08 Å². The molecule has 0 aliphatic rings. The molecule has 0 aromatic rings. The lowest BCUT2D eigenvalue weighted by Crippen LogP contribution is -1.75. The van der Waals surface area contributed by atoms with E-state index in [9.17, 15) is 9.18 Å². The molecule has 0 aliphatic heterocycles. The van der Waals surface area contributed by atoms with Gasteiger partial charge in [0.1, 0.15) is 5.83 Å². The van der Waals surface area contributed by atoms with Gasteiger partial charge in [0, 0.05) is 6.08 Å². The maximum absolute atomic E-state index is 11.5. The van der Waals surface area contributed by atoms with Crippen molar-refractivity contribution >= 4 is 17.7 Å². The Morgan fingerprint density at radius 2 is 2.29 bits per heavy atom. The highest BCUT2D eigenvalue weighted by Crippen LogP contribution is 1.93. The van der Waals surface area contributed by atoms with Crippen LogP contribution in [-0.2, 0) is 4.79 Å². The second-order valence-electron chi connectivity index (χ2n) is 1.07. The van der Waals surface area contributed by atoms with Crippen LogP contribution in [0.5, 0.6) is 0 Å². The third kappa shape index (κ3) is 5.69. The third-order valence-electron chi connectivity index (χ3n) is 0.322. The molecule has 0 N–H and O–H groups in total. The molecule has 0 aliphatic carbocycles. The Kier molecular flexibility index (Phi) is 2.67. The van der Waals surface area contributed by atoms with E-state index in [1.54, 1.807) is 0 Å². The fourth-order valence-electron chi connectivity index (χ4n) is 0.170. The van der Waals surface area contributed by atoms with Gasteiger partial charge in [-0.1, -0.05) is 0 Å². The number of hydrogen-bond donors (Lipinski definition) is 1. The summed E-state index contributed by atoms with van der Waals surface area (Å²) in [6.07, 6.45) is 0.809. The minimum absolute atomic E-state index is 0.514. The van der Waals surface area contributed by atoms with Gasteiger partial charge in [-0.05, 0) is 6.92 Å². The first-order valence-corrected chi connectivity index (χ1v) is 2.14. The molecule has 3 heteroatoms. The topological polar surface area (TPSA) is 17.1 Å². The van der Waals surface area contributed by atoms with Crippen LogP contribution in [0.1, 0.15) is 6.92 Å². The number of hydrogen-bond acceptors (Lipinski definition) is 1. The molecule has 0 spiro atoms. The zero-order chi connectivity index (χ0) is 5.86. The van der Waals surface area contributed by atoms with Gasteiger partial charge in [-0.2, -0.15) is 0 Å². The van der Waals surface area contributed by atoms with Gasteiger partial charge in [-0.15, -0.1) is 12.6 Å². The predicted octanol–water partition coefficient (Wildman–Crippen LogP) is 1.32. The van der Waals surface area contributed by atoms with Crippen LogP contribution in [0.25, 0.3) is 0 Å². The van der Waals surface area contributed by atoms with Crippen LogP contribution in [0.4, 0.5) is 4.39 Å². The summed E-state index contributed by atoms with van der Waals surface area (Å²) in [6, 6.07) is 0. The van der Waals surface area contributed by atoms with Gasteiger partial charge < -0.3 is 0 Å². The second kappa shape index (κ2) is 2.80. The minimum Gasteiger partial charge on any atom is -0.282 e. The first-order valence-electron chi connectivity index (χ1n) is 1.69. The highest BCUT2D eigenvalue weighted by atomic mass is 32.1. The minimum atomic E-state index is -0.556. The molecule has 0 atom stereocenters. The van der Waals surface area contributed by atoms with Crippen LogP contribution < -0.4 is 0 Å². The van der Waals surface area contributed by atoms with E-state index in [2.05, 4.69) is 12.6 Å². The Bertz CT molecular complexity index is 104. The van der Waals surface area contributed by atoms with Gasteiger partial charge >= 0.3 is 0 Å². The van der Waals surface area contributed by atoms with E-state index in [-0.39, 0.29) is 0 Å². The predicted molar refractivity (Wildman–Crippen MR) is 28.9 cm³/mol. The summed E-state index contributed by atoms with van der Waals surface area (Å²) in [6.45, 7) is 1.19. The molecule has 0 saturated carbocycles. The second-order valence-corrected chi connectivity index (χ2v) is 1.51. The maximum Gasteiger partial charge on any atom is 0.211 e. The van der Waals surface area contributed by atoms with Crippen LogP contribution in [0.15, 0.2) is 11.9 Å². The van der Waals surface area contributed by atoms with E-state index >= 15 is 0 Å². The van der Waals surface area contributed by atoms with Gasteiger partial charge in [0.25, 0.3) is 0 Å². The molecule has 0 amide bonds. The number of carbonyl (C=O) groups excluding carboxylic acids is 1. The molecule has 0 fully saturated rings. The van der Waals surface area contributed by atoms with Crippen LogP contribution in [0.3, 0.4) is 0 Å². The number of thiol groups is 1. The molecular formula is C4H5FOS.